The first-order valence-corrected chi connectivity index (χ1v) is 22.4. The van der Waals surface area contributed by atoms with E-state index in [-0.39, 0.29) is 44.5 Å². The summed E-state index contributed by atoms with van der Waals surface area (Å²) in [6, 6.07) is 11.6. The Labute approximate surface area is 371 Å². The number of hydrogen-bond acceptors (Lipinski definition) is 8. The molecule has 5 aromatic rings. The minimum atomic E-state index is -1.21. The highest BCUT2D eigenvalue weighted by Gasteiger charge is 2.52. The first-order chi connectivity index (χ1) is 31.0. The van der Waals surface area contributed by atoms with E-state index in [9.17, 15) is 37.7 Å². The summed E-state index contributed by atoms with van der Waals surface area (Å²) in [5.74, 6) is -6.05. The Kier molecular flexibility index (Phi) is 8.82. The molecule has 310 valence electrons. The number of halogens is 4. The molecule has 0 atom stereocenters. The van der Waals surface area contributed by atoms with Crippen molar-refractivity contribution in [2.75, 3.05) is 0 Å². The number of aromatic nitrogens is 2. The lowest BCUT2D eigenvalue weighted by Gasteiger charge is -2.36. The molecular formula is C50H28F4N6O2S2. The van der Waals surface area contributed by atoms with Crippen molar-refractivity contribution in [1.29, 1.82) is 10.5 Å². The van der Waals surface area contributed by atoms with Gasteiger partial charge in [-0.2, -0.15) is 0 Å². The zero-order chi connectivity index (χ0) is 44.4. The predicted octanol–water partition coefficient (Wildman–Crippen LogP) is 12.5. The maximum Gasteiger partial charge on any atom is 0.270 e. The van der Waals surface area contributed by atoms with Crippen LogP contribution in [0.4, 0.5) is 17.6 Å². The van der Waals surface area contributed by atoms with Gasteiger partial charge in [0.15, 0.2) is 34.8 Å². The Morgan fingerprint density at radius 3 is 1.28 bits per heavy atom. The van der Waals surface area contributed by atoms with Crippen LogP contribution in [-0.4, -0.2) is 21.5 Å². The topological polar surface area (TPSA) is 116 Å². The summed E-state index contributed by atoms with van der Waals surface area (Å²) in [4.78, 5) is 46.7. The van der Waals surface area contributed by atoms with E-state index in [0.29, 0.717) is 10.0 Å². The number of carbonyl (C=O) groups excluding carboxylic acids is 2. The highest BCUT2D eigenvalue weighted by molar-refractivity contribution is 7.16. The van der Waals surface area contributed by atoms with Gasteiger partial charge in [0.05, 0.1) is 46.4 Å². The molecule has 2 aromatic heterocycles. The van der Waals surface area contributed by atoms with Gasteiger partial charge < -0.3 is 0 Å². The van der Waals surface area contributed by atoms with Gasteiger partial charge in [-0.05, 0) is 108 Å². The molecule has 14 heteroatoms. The summed E-state index contributed by atoms with van der Waals surface area (Å²) < 4.78 is 57.9. The maximum absolute atomic E-state index is 14.5. The average Bonchev–Trinajstić information content (AvgIpc) is 4.12. The summed E-state index contributed by atoms with van der Waals surface area (Å²) in [7, 11) is 0. The molecule has 6 aliphatic carbocycles. The summed E-state index contributed by atoms with van der Waals surface area (Å²) in [5, 5.41) is 20.7. The summed E-state index contributed by atoms with van der Waals surface area (Å²) in [5.41, 5.74) is 4.08. The fourth-order valence-electron chi connectivity index (χ4n) is 11.2. The van der Waals surface area contributed by atoms with Crippen LogP contribution in [0.2, 0.25) is 0 Å². The number of fused-ring (bicyclic) bond motifs is 12. The van der Waals surface area contributed by atoms with E-state index in [4.69, 9.17) is 23.1 Å². The van der Waals surface area contributed by atoms with E-state index in [2.05, 4.69) is 21.8 Å². The van der Waals surface area contributed by atoms with Gasteiger partial charge in [0.1, 0.15) is 10.0 Å². The number of nitriles is 2. The zero-order valence-corrected chi connectivity index (χ0v) is 35.2. The second-order valence-corrected chi connectivity index (χ2v) is 19.0. The third-order valence-corrected chi connectivity index (χ3v) is 16.0. The molecule has 2 fully saturated rings. The molecule has 0 bridgehead atoms. The van der Waals surface area contributed by atoms with Crippen LogP contribution in [0.1, 0.15) is 129 Å². The van der Waals surface area contributed by atoms with Crippen LogP contribution in [0, 0.1) is 59.1 Å². The lowest BCUT2D eigenvalue weighted by atomic mass is 9.67. The van der Waals surface area contributed by atoms with Gasteiger partial charge in [-0.25, -0.2) is 47.7 Å². The van der Waals surface area contributed by atoms with Crippen molar-refractivity contribution in [2.24, 2.45) is 0 Å². The molecule has 8 nitrogen and oxygen atoms in total. The first kappa shape index (κ1) is 39.7. The van der Waals surface area contributed by atoms with E-state index in [1.807, 2.05) is 12.1 Å². The Morgan fingerprint density at radius 2 is 0.938 bits per heavy atom. The lowest BCUT2D eigenvalue weighted by Crippen LogP contribution is -2.30. The third kappa shape index (κ3) is 5.34. The van der Waals surface area contributed by atoms with E-state index in [1.165, 1.54) is 22.7 Å². The Bertz CT molecular complexity index is 3130. The van der Waals surface area contributed by atoms with Crippen molar-refractivity contribution >= 4 is 57.5 Å². The summed E-state index contributed by atoms with van der Waals surface area (Å²) in [6.45, 7) is 15.3. The minimum absolute atomic E-state index is 0.00687. The highest BCUT2D eigenvalue weighted by atomic mass is 32.1. The van der Waals surface area contributed by atoms with Crippen LogP contribution in [0.25, 0.3) is 53.9 Å². The lowest BCUT2D eigenvalue weighted by molar-refractivity contribution is 0.103. The van der Waals surface area contributed by atoms with Crippen molar-refractivity contribution in [3.05, 3.63) is 160 Å². The summed E-state index contributed by atoms with van der Waals surface area (Å²) in [6.07, 6.45) is 12.3. The van der Waals surface area contributed by atoms with Crippen molar-refractivity contribution in [2.45, 2.75) is 75.0 Å². The number of Topliss-reactive ketones (excluding diaryl/α,β-unsaturated/α-hetero) is 2. The van der Waals surface area contributed by atoms with Crippen LogP contribution >= 0.6 is 22.7 Å². The number of benzene rings is 3. The van der Waals surface area contributed by atoms with Crippen LogP contribution in [0.15, 0.2) is 58.9 Å². The standard InChI is InChI=1S/C50H28F4N6O2S2/c1-57-37(21-55)41-23-15-33(51)35(53)17-25(23)43(61)29(41)19-39-59-47-45(63-39)27-13-32-28(14-31(27)49(47)9-5-3-6-10-49)46-48(50(32)11-7-4-8-12-50)60-40(64-46)20-30-42(38(22-56)58-2)24-16-34(52)36(54)18-26(24)44(30)62/h13-20H,3-12H2/b29-19-,30-20-,41-37+,42-38?. The SMILES string of the molecule is [C-]#[N+]C(C#N)=C1/C(=C/c2nc3c(s2)-c2cc4c(cc2C32CCCCC2)-c2sc(/C=C3\C(=O)c5cc(F)c(F)cc5\C3=C(\C#N)[N+]#[C-])nc2C42CCCCC2)C(=O)c2cc(F)c(F)cc21. The molecule has 0 amide bonds. The smallest absolute Gasteiger partial charge is 0.270 e. The molecule has 2 heterocycles. The van der Waals surface area contributed by atoms with Crippen LogP contribution < -0.4 is 0 Å². The second-order valence-electron chi connectivity index (χ2n) is 17.0. The molecule has 2 spiro atoms. The number of rotatable bonds is 2. The quantitative estimate of drug-likeness (QED) is 0.0754. The Hall–Kier alpha value is -7.10. The van der Waals surface area contributed by atoms with Gasteiger partial charge in [-0.3, -0.25) is 9.59 Å². The van der Waals surface area contributed by atoms with E-state index >= 15 is 0 Å². The Balaban J connectivity index is 1.07. The molecule has 0 unspecified atom stereocenters. The molecule has 0 radical (unpaired) electrons. The molecule has 0 aliphatic heterocycles. The van der Waals surface area contributed by atoms with E-state index in [0.717, 1.165) is 132 Å². The largest absolute Gasteiger partial charge is 0.289 e. The molecule has 0 saturated heterocycles. The molecule has 64 heavy (non-hydrogen) atoms. The predicted molar refractivity (Wildman–Crippen MR) is 232 cm³/mol. The fourth-order valence-corrected chi connectivity index (χ4v) is 13.4. The molecule has 11 rings (SSSR count). The van der Waals surface area contributed by atoms with Crippen molar-refractivity contribution < 1.29 is 27.2 Å². The minimum Gasteiger partial charge on any atom is -0.289 e. The molecule has 6 aliphatic rings. The number of nitrogens with zero attached hydrogens (tertiary/aromatic N) is 6. The van der Waals surface area contributed by atoms with Crippen molar-refractivity contribution in [3.8, 4) is 33.0 Å². The monoisotopic (exact) mass is 884 g/mol. The van der Waals surface area contributed by atoms with Crippen LogP contribution in [0.5, 0.6) is 0 Å². The number of thiazole rings is 2. The highest BCUT2D eigenvalue weighted by Crippen LogP contribution is 2.64. The average molecular weight is 885 g/mol. The number of allylic oxidation sites excluding steroid dienone is 6. The van der Waals surface area contributed by atoms with Crippen LogP contribution in [-0.2, 0) is 10.8 Å². The second kappa shape index (κ2) is 14.2. The van der Waals surface area contributed by atoms with Gasteiger partial charge in [0.2, 0.25) is 0 Å². The third-order valence-electron chi connectivity index (χ3n) is 13.9. The van der Waals surface area contributed by atoms with Gasteiger partial charge >= 0.3 is 0 Å². The van der Waals surface area contributed by atoms with Crippen molar-refractivity contribution in [3.63, 3.8) is 0 Å². The van der Waals surface area contributed by atoms with E-state index in [1.54, 1.807) is 12.2 Å². The number of ketones is 2. The molecular weight excluding hydrogens is 857 g/mol. The first-order valence-electron chi connectivity index (χ1n) is 20.7. The van der Waals surface area contributed by atoms with Crippen LogP contribution in [0.3, 0.4) is 0 Å². The van der Waals surface area contributed by atoms with Gasteiger partial charge in [-0.15, -0.1) is 22.7 Å². The van der Waals surface area contributed by atoms with Crippen molar-refractivity contribution in [1.82, 2.24) is 9.97 Å². The van der Waals surface area contributed by atoms with E-state index < -0.39 is 57.1 Å². The number of hydrogen-bond donors (Lipinski definition) is 0. The Morgan fingerprint density at radius 1 is 0.578 bits per heavy atom. The molecule has 0 N–H and O–H groups in total. The van der Waals surface area contributed by atoms with Gasteiger partial charge in [0.25, 0.3) is 11.4 Å². The normalized spacial score (nSPS) is 20.9. The molecule has 3 aromatic carbocycles. The maximum atomic E-state index is 14.5. The molecule has 2 saturated carbocycles. The fraction of sp³-hybridized carbons (Fsp3) is 0.240. The van der Waals surface area contributed by atoms with Gasteiger partial charge in [0, 0.05) is 44.2 Å². The zero-order valence-electron chi connectivity index (χ0n) is 33.5. The summed E-state index contributed by atoms with van der Waals surface area (Å²) >= 11 is 2.81. The van der Waals surface area contributed by atoms with Gasteiger partial charge in [-0.1, -0.05) is 38.5 Å². The number of carbonyl (C=O) groups is 2.